The third-order valence-corrected chi connectivity index (χ3v) is 8.31. The van der Waals surface area contributed by atoms with Crippen LogP contribution in [0.15, 0.2) is 84.4 Å². The number of benzene rings is 3. The Morgan fingerprint density at radius 1 is 0.878 bits per heavy atom. The van der Waals surface area contributed by atoms with Gasteiger partial charge < -0.3 is 25.6 Å². The molecule has 49 heavy (non-hydrogen) atoms. The molecule has 0 fully saturated rings. The van der Waals surface area contributed by atoms with Gasteiger partial charge in [0.15, 0.2) is 0 Å². The smallest absolute Gasteiger partial charge is 0.408 e. The van der Waals surface area contributed by atoms with Crippen LogP contribution in [-0.4, -0.2) is 58.3 Å². The highest BCUT2D eigenvalue weighted by Crippen LogP contribution is 2.31. The molecule has 0 saturated carbocycles. The molecule has 264 valence electrons. The summed E-state index contributed by atoms with van der Waals surface area (Å²) in [6, 6.07) is 19.3. The van der Waals surface area contributed by atoms with Crippen molar-refractivity contribution in [2.75, 3.05) is 4.90 Å². The van der Waals surface area contributed by atoms with Gasteiger partial charge in [-0.25, -0.2) is 9.59 Å². The Bertz CT molecular complexity index is 1580. The van der Waals surface area contributed by atoms with E-state index in [2.05, 4.69) is 10.6 Å². The van der Waals surface area contributed by atoms with Crippen molar-refractivity contribution >= 4 is 40.3 Å². The first-order chi connectivity index (χ1) is 23.3. The first kappa shape index (κ1) is 38.7. The first-order valence-corrected chi connectivity index (χ1v) is 17.0. The highest BCUT2D eigenvalue weighted by Gasteiger charge is 2.36. The molecule has 0 unspecified atom stereocenters. The number of ether oxygens (including phenoxy) is 1. The third-order valence-electron chi connectivity index (χ3n) is 8.31. The number of aliphatic hydroxyl groups excluding tert-OH is 1. The van der Waals surface area contributed by atoms with Gasteiger partial charge in [0.25, 0.3) is 0 Å². The van der Waals surface area contributed by atoms with Gasteiger partial charge in [-0.1, -0.05) is 114 Å². The number of nitrogens with zero attached hydrogens (tertiary/aromatic N) is 1. The van der Waals surface area contributed by atoms with Crippen molar-refractivity contribution in [3.8, 4) is 0 Å². The van der Waals surface area contributed by atoms with E-state index < -0.39 is 48.1 Å². The van der Waals surface area contributed by atoms with Crippen molar-refractivity contribution in [3.63, 3.8) is 0 Å². The number of hydrogen-bond donors (Lipinski definition) is 4. The normalized spacial score (nSPS) is 14.2. The Morgan fingerprint density at radius 2 is 1.53 bits per heavy atom. The Labute approximate surface area is 289 Å². The summed E-state index contributed by atoms with van der Waals surface area (Å²) in [6.45, 7) is 10.9. The molecule has 0 saturated heterocycles. The predicted octanol–water partition coefficient (Wildman–Crippen LogP) is 6.61. The summed E-state index contributed by atoms with van der Waals surface area (Å²) >= 11 is 0. The van der Waals surface area contributed by atoms with E-state index in [0.29, 0.717) is 24.9 Å². The van der Waals surface area contributed by atoms with Gasteiger partial charge in [0, 0.05) is 11.0 Å². The van der Waals surface area contributed by atoms with E-state index in [1.807, 2.05) is 87.5 Å². The van der Waals surface area contributed by atoms with Gasteiger partial charge in [0.05, 0.1) is 17.8 Å². The number of alkyl carbamates (subject to hydrolysis) is 1. The number of anilines is 1. The quantitative estimate of drug-likeness (QED) is 0.118. The molecule has 0 radical (unpaired) electrons. The standard InChI is InChI=1S/C39H51N3O7/c1-7-8-20-34(36(44)41-32(22-25(2)3)35(43)23-31(26(4)5)38(46)47)42(33-21-14-18-29-17-12-13-19-30(29)33)37(45)27(6)40-39(48)49-24-28-15-10-9-11-16-28/h9-19,21,23,25-27,32,34-35,43H,7-8,20,22,24H2,1-6H3,(H,40,48)(H,41,44)(H,46,47)/b31-23+/t27-,32-,34-,35-/m0/s1. The minimum absolute atomic E-state index is 0.0244. The van der Waals surface area contributed by atoms with Gasteiger partial charge in [-0.15, -0.1) is 0 Å². The second-order valence-corrected chi connectivity index (χ2v) is 13.1. The van der Waals surface area contributed by atoms with Gasteiger partial charge in [-0.2, -0.15) is 0 Å². The SMILES string of the molecule is CCCC[C@@H](C(=O)N[C@@H](CC(C)C)[C@@H](O)/C=C(/C(=O)O)C(C)C)N(C(=O)[C@H](C)NC(=O)OCc1ccccc1)c1cccc2ccccc12. The minimum Gasteiger partial charge on any atom is -0.478 e. The summed E-state index contributed by atoms with van der Waals surface area (Å²) in [5, 5.41) is 28.2. The molecule has 0 aliphatic carbocycles. The number of carboxylic acid groups (broad SMARTS) is 1. The predicted molar refractivity (Wildman–Crippen MR) is 192 cm³/mol. The van der Waals surface area contributed by atoms with Crippen LogP contribution in [0.3, 0.4) is 0 Å². The van der Waals surface area contributed by atoms with Crippen LogP contribution in [0, 0.1) is 11.8 Å². The number of carboxylic acids is 1. The molecule has 0 bridgehead atoms. The molecule has 0 aliphatic heterocycles. The van der Waals surface area contributed by atoms with E-state index in [-0.39, 0.29) is 24.0 Å². The fourth-order valence-electron chi connectivity index (χ4n) is 5.73. The number of fused-ring (bicyclic) bond motifs is 1. The lowest BCUT2D eigenvalue weighted by molar-refractivity contribution is -0.133. The number of rotatable bonds is 17. The fraction of sp³-hybridized carbons (Fsp3) is 0.436. The summed E-state index contributed by atoms with van der Waals surface area (Å²) in [5.41, 5.74) is 1.34. The van der Waals surface area contributed by atoms with Crippen molar-refractivity contribution < 1.29 is 34.1 Å². The number of unbranched alkanes of at least 4 members (excludes halogenated alkanes) is 1. The summed E-state index contributed by atoms with van der Waals surface area (Å²) in [4.78, 5) is 55.0. The lowest BCUT2D eigenvalue weighted by Crippen LogP contribution is -2.58. The van der Waals surface area contributed by atoms with Crippen molar-refractivity contribution in [2.45, 2.75) is 98.1 Å². The van der Waals surface area contributed by atoms with Gasteiger partial charge in [-0.05, 0) is 54.7 Å². The molecule has 4 N–H and O–H groups in total. The van der Waals surface area contributed by atoms with E-state index in [1.54, 1.807) is 26.8 Å². The number of carbonyl (C=O) groups excluding carboxylic acids is 3. The van der Waals surface area contributed by atoms with Crippen molar-refractivity contribution in [1.29, 1.82) is 0 Å². The maximum Gasteiger partial charge on any atom is 0.408 e. The molecule has 3 aromatic carbocycles. The van der Waals surface area contributed by atoms with Crippen LogP contribution in [0.25, 0.3) is 10.8 Å². The molecule has 0 aromatic heterocycles. The lowest BCUT2D eigenvalue weighted by Gasteiger charge is -2.35. The Kier molecular flexibility index (Phi) is 14.8. The third kappa shape index (κ3) is 11.2. The van der Waals surface area contributed by atoms with Crippen LogP contribution in [0.1, 0.15) is 72.8 Å². The summed E-state index contributed by atoms with van der Waals surface area (Å²) in [7, 11) is 0. The molecule has 3 aromatic rings. The molecule has 3 rings (SSSR count). The zero-order valence-corrected chi connectivity index (χ0v) is 29.4. The maximum atomic E-state index is 14.5. The van der Waals surface area contributed by atoms with Crippen LogP contribution >= 0.6 is 0 Å². The summed E-state index contributed by atoms with van der Waals surface area (Å²) in [5.74, 6) is -2.45. The number of hydrogen-bond acceptors (Lipinski definition) is 6. The van der Waals surface area contributed by atoms with Crippen LogP contribution < -0.4 is 15.5 Å². The molecular formula is C39H51N3O7. The number of aliphatic hydroxyl groups is 1. The summed E-state index contributed by atoms with van der Waals surface area (Å²) < 4.78 is 5.38. The van der Waals surface area contributed by atoms with E-state index >= 15 is 0 Å². The second kappa shape index (κ2) is 18.7. The fourth-order valence-corrected chi connectivity index (χ4v) is 5.73. The zero-order valence-electron chi connectivity index (χ0n) is 29.4. The van der Waals surface area contributed by atoms with Gasteiger partial charge >= 0.3 is 12.1 Å². The molecule has 3 amide bonds. The van der Waals surface area contributed by atoms with Crippen molar-refractivity contribution in [2.24, 2.45) is 11.8 Å². The highest BCUT2D eigenvalue weighted by molar-refractivity contribution is 6.09. The van der Waals surface area contributed by atoms with E-state index in [4.69, 9.17) is 4.74 Å². The van der Waals surface area contributed by atoms with Crippen LogP contribution in [0.5, 0.6) is 0 Å². The number of nitrogens with one attached hydrogen (secondary N) is 2. The number of aliphatic carboxylic acids is 1. The van der Waals surface area contributed by atoms with E-state index in [1.165, 1.54) is 11.0 Å². The largest absolute Gasteiger partial charge is 0.478 e. The molecule has 4 atom stereocenters. The van der Waals surface area contributed by atoms with Crippen LogP contribution in [0.4, 0.5) is 10.5 Å². The molecular weight excluding hydrogens is 622 g/mol. The van der Waals surface area contributed by atoms with Gasteiger partial charge in [-0.3, -0.25) is 14.5 Å². The molecule has 0 heterocycles. The average molecular weight is 674 g/mol. The molecule has 0 aliphatic rings. The Morgan fingerprint density at radius 3 is 2.16 bits per heavy atom. The van der Waals surface area contributed by atoms with Crippen LogP contribution in [0.2, 0.25) is 0 Å². The van der Waals surface area contributed by atoms with Crippen LogP contribution in [-0.2, 0) is 25.7 Å². The molecule has 10 nitrogen and oxygen atoms in total. The number of amides is 3. The topological polar surface area (TPSA) is 145 Å². The first-order valence-electron chi connectivity index (χ1n) is 17.0. The lowest BCUT2D eigenvalue weighted by atomic mass is 9.94. The van der Waals surface area contributed by atoms with Gasteiger partial charge in [0.1, 0.15) is 18.7 Å². The Balaban J connectivity index is 2.02. The average Bonchev–Trinajstić information content (AvgIpc) is 3.07. The second-order valence-electron chi connectivity index (χ2n) is 13.1. The van der Waals surface area contributed by atoms with E-state index in [0.717, 1.165) is 22.8 Å². The zero-order chi connectivity index (χ0) is 36.1. The number of carbonyl (C=O) groups is 4. The van der Waals surface area contributed by atoms with Crippen molar-refractivity contribution in [3.05, 3.63) is 90.0 Å². The van der Waals surface area contributed by atoms with E-state index in [9.17, 15) is 29.4 Å². The minimum atomic E-state index is -1.28. The maximum absolute atomic E-state index is 14.5. The Hall–Kier alpha value is -4.70. The summed E-state index contributed by atoms with van der Waals surface area (Å²) in [6.07, 6.45) is 1.26. The highest BCUT2D eigenvalue weighted by atomic mass is 16.5. The molecule has 0 spiro atoms. The van der Waals surface area contributed by atoms with Gasteiger partial charge in [0.2, 0.25) is 11.8 Å². The molecule has 10 heteroatoms. The monoisotopic (exact) mass is 673 g/mol. The van der Waals surface area contributed by atoms with Crippen molar-refractivity contribution in [1.82, 2.24) is 10.6 Å².